The fourth-order valence-electron chi connectivity index (χ4n) is 1.97. The highest BCUT2D eigenvalue weighted by atomic mass is 15.3. The minimum atomic E-state index is 0.590. The molecule has 1 fully saturated rings. The lowest BCUT2D eigenvalue weighted by Gasteiger charge is -2.27. The van der Waals surface area contributed by atoms with Crippen molar-refractivity contribution in [1.29, 1.82) is 0 Å². The van der Waals surface area contributed by atoms with Crippen LogP contribution in [0.25, 0.3) is 5.69 Å². The maximum atomic E-state index is 4.29. The van der Waals surface area contributed by atoms with Gasteiger partial charge in [-0.25, -0.2) is 4.98 Å². The first-order chi connectivity index (χ1) is 7.88. The second kappa shape index (κ2) is 3.75. The Balaban J connectivity index is 1.95. The Labute approximate surface area is 94.1 Å². The third-order valence-electron chi connectivity index (χ3n) is 3.09. The van der Waals surface area contributed by atoms with Crippen molar-refractivity contribution in [3.05, 3.63) is 30.6 Å². The van der Waals surface area contributed by atoms with Crippen LogP contribution in [0.15, 0.2) is 24.9 Å². The van der Waals surface area contributed by atoms with Gasteiger partial charge in [0.15, 0.2) is 0 Å². The number of imidazole rings is 1. The number of aryl methyl sites for hydroxylation is 1. The van der Waals surface area contributed by atoms with Crippen LogP contribution in [-0.2, 0) is 6.54 Å². The summed E-state index contributed by atoms with van der Waals surface area (Å²) >= 11 is 0. The van der Waals surface area contributed by atoms with Crippen molar-refractivity contribution in [2.24, 2.45) is 0 Å². The molecule has 5 nitrogen and oxygen atoms in total. The zero-order valence-electron chi connectivity index (χ0n) is 9.30. The van der Waals surface area contributed by atoms with Crippen LogP contribution < -0.4 is 5.32 Å². The van der Waals surface area contributed by atoms with E-state index < -0.39 is 0 Å². The summed E-state index contributed by atoms with van der Waals surface area (Å²) in [6.07, 6.45) is 7.76. The Bertz CT molecular complexity index is 480. The van der Waals surface area contributed by atoms with Crippen molar-refractivity contribution in [3.63, 3.8) is 0 Å². The maximum absolute atomic E-state index is 4.29. The molecular formula is C11H15N5. The molecule has 1 aliphatic heterocycles. The molecule has 0 atom stereocenters. The van der Waals surface area contributed by atoms with E-state index in [9.17, 15) is 0 Å². The molecule has 3 heterocycles. The Morgan fingerprint density at radius 2 is 2.31 bits per heavy atom. The number of aromatic nitrogens is 4. The number of nitrogens with zero attached hydrogens (tertiary/aromatic N) is 4. The third-order valence-corrected chi connectivity index (χ3v) is 3.09. The molecule has 0 radical (unpaired) electrons. The molecule has 2 aromatic rings. The van der Waals surface area contributed by atoms with Crippen LogP contribution in [0, 0.1) is 0 Å². The number of nitrogens with one attached hydrogen (secondary N) is 1. The van der Waals surface area contributed by atoms with Crippen molar-refractivity contribution in [3.8, 4) is 5.69 Å². The first kappa shape index (κ1) is 9.59. The van der Waals surface area contributed by atoms with Gasteiger partial charge in [-0.2, -0.15) is 5.10 Å². The van der Waals surface area contributed by atoms with Crippen LogP contribution in [0.4, 0.5) is 0 Å². The molecule has 0 unspecified atom stereocenters. The SMILES string of the molecule is CCn1cc(-n2cncc2C2CNC2)cn1. The van der Waals surface area contributed by atoms with Gasteiger partial charge in [0.2, 0.25) is 0 Å². The average Bonchev–Trinajstić information content (AvgIpc) is 2.81. The van der Waals surface area contributed by atoms with Gasteiger partial charge in [-0.3, -0.25) is 9.25 Å². The number of rotatable bonds is 3. The summed E-state index contributed by atoms with van der Waals surface area (Å²) in [7, 11) is 0. The van der Waals surface area contributed by atoms with Gasteiger partial charge in [0.25, 0.3) is 0 Å². The molecule has 0 aromatic carbocycles. The molecule has 2 aromatic heterocycles. The van der Waals surface area contributed by atoms with E-state index in [1.54, 1.807) is 0 Å². The summed E-state index contributed by atoms with van der Waals surface area (Å²) in [5.74, 6) is 0.590. The largest absolute Gasteiger partial charge is 0.315 e. The lowest BCUT2D eigenvalue weighted by atomic mass is 10.00. The molecule has 5 heteroatoms. The predicted molar refractivity (Wildman–Crippen MR) is 60.6 cm³/mol. The molecule has 0 spiro atoms. The zero-order chi connectivity index (χ0) is 11.0. The second-order valence-corrected chi connectivity index (χ2v) is 4.10. The number of hydrogen-bond donors (Lipinski definition) is 1. The summed E-state index contributed by atoms with van der Waals surface area (Å²) in [6, 6.07) is 0. The molecule has 84 valence electrons. The molecule has 1 aliphatic rings. The molecule has 0 saturated carbocycles. The van der Waals surface area contributed by atoms with Crippen molar-refractivity contribution < 1.29 is 0 Å². The lowest BCUT2D eigenvalue weighted by Crippen LogP contribution is -2.40. The fraction of sp³-hybridized carbons (Fsp3) is 0.455. The van der Waals surface area contributed by atoms with Crippen molar-refractivity contribution in [2.45, 2.75) is 19.4 Å². The van der Waals surface area contributed by atoms with Gasteiger partial charge in [-0.1, -0.05) is 0 Å². The summed E-state index contributed by atoms with van der Waals surface area (Å²) in [5, 5.41) is 7.57. The van der Waals surface area contributed by atoms with E-state index >= 15 is 0 Å². The van der Waals surface area contributed by atoms with E-state index in [0.717, 1.165) is 25.3 Å². The van der Waals surface area contributed by atoms with E-state index in [0.29, 0.717) is 5.92 Å². The van der Waals surface area contributed by atoms with E-state index in [-0.39, 0.29) is 0 Å². The first-order valence-electron chi connectivity index (χ1n) is 5.64. The van der Waals surface area contributed by atoms with Crippen LogP contribution in [-0.4, -0.2) is 32.4 Å². The lowest BCUT2D eigenvalue weighted by molar-refractivity contribution is 0.435. The van der Waals surface area contributed by atoms with Crippen LogP contribution in [0.1, 0.15) is 18.5 Å². The Morgan fingerprint density at radius 1 is 1.44 bits per heavy atom. The standard InChI is InChI=1S/C11H15N5/c1-2-15-7-10(5-14-15)16-8-13-6-11(16)9-3-12-4-9/h5-9,12H,2-4H2,1H3. The van der Waals surface area contributed by atoms with E-state index in [2.05, 4.69) is 33.1 Å². The highest BCUT2D eigenvalue weighted by molar-refractivity contribution is 5.30. The zero-order valence-corrected chi connectivity index (χ0v) is 9.30. The molecule has 3 rings (SSSR count). The van der Waals surface area contributed by atoms with Gasteiger partial charge in [-0.05, 0) is 6.92 Å². The Kier molecular flexibility index (Phi) is 2.25. The fourth-order valence-corrected chi connectivity index (χ4v) is 1.97. The average molecular weight is 217 g/mol. The number of hydrogen-bond acceptors (Lipinski definition) is 3. The van der Waals surface area contributed by atoms with Crippen LogP contribution in [0.2, 0.25) is 0 Å². The van der Waals surface area contributed by atoms with Gasteiger partial charge >= 0.3 is 0 Å². The normalized spacial score (nSPS) is 16.3. The molecule has 0 amide bonds. The van der Waals surface area contributed by atoms with Crippen LogP contribution in [0.5, 0.6) is 0 Å². The predicted octanol–water partition coefficient (Wildman–Crippen LogP) is 0.775. The van der Waals surface area contributed by atoms with E-state index in [4.69, 9.17) is 0 Å². The molecule has 0 aliphatic carbocycles. The molecular weight excluding hydrogens is 202 g/mol. The first-order valence-corrected chi connectivity index (χ1v) is 5.64. The smallest absolute Gasteiger partial charge is 0.0995 e. The molecule has 1 N–H and O–H groups in total. The summed E-state index contributed by atoms with van der Waals surface area (Å²) in [5.41, 5.74) is 2.37. The summed E-state index contributed by atoms with van der Waals surface area (Å²) in [6.45, 7) is 5.08. The molecule has 0 bridgehead atoms. The van der Waals surface area contributed by atoms with Crippen LogP contribution in [0.3, 0.4) is 0 Å². The van der Waals surface area contributed by atoms with Gasteiger partial charge in [0.05, 0.1) is 18.2 Å². The monoisotopic (exact) mass is 217 g/mol. The summed E-state index contributed by atoms with van der Waals surface area (Å²) < 4.78 is 4.06. The maximum Gasteiger partial charge on any atom is 0.0995 e. The van der Waals surface area contributed by atoms with E-state index in [1.807, 2.05) is 23.4 Å². The highest BCUT2D eigenvalue weighted by Gasteiger charge is 2.23. The van der Waals surface area contributed by atoms with Gasteiger partial charge in [-0.15, -0.1) is 0 Å². The van der Waals surface area contributed by atoms with E-state index in [1.165, 1.54) is 5.69 Å². The van der Waals surface area contributed by atoms with Gasteiger partial charge in [0, 0.05) is 43.6 Å². The highest BCUT2D eigenvalue weighted by Crippen LogP contribution is 2.22. The van der Waals surface area contributed by atoms with Gasteiger partial charge < -0.3 is 5.32 Å². The molecule has 16 heavy (non-hydrogen) atoms. The Hall–Kier alpha value is -1.62. The third kappa shape index (κ3) is 1.44. The van der Waals surface area contributed by atoms with Crippen molar-refractivity contribution in [2.75, 3.05) is 13.1 Å². The van der Waals surface area contributed by atoms with Crippen LogP contribution >= 0.6 is 0 Å². The van der Waals surface area contributed by atoms with Gasteiger partial charge in [0.1, 0.15) is 0 Å². The Morgan fingerprint density at radius 3 is 2.94 bits per heavy atom. The quantitative estimate of drug-likeness (QED) is 0.826. The minimum Gasteiger partial charge on any atom is -0.315 e. The van der Waals surface area contributed by atoms with Crippen molar-refractivity contribution in [1.82, 2.24) is 24.6 Å². The minimum absolute atomic E-state index is 0.590. The summed E-state index contributed by atoms with van der Waals surface area (Å²) in [4.78, 5) is 4.23. The van der Waals surface area contributed by atoms with Crippen molar-refractivity contribution >= 4 is 0 Å². The topological polar surface area (TPSA) is 47.7 Å². The second-order valence-electron chi connectivity index (χ2n) is 4.10. The molecule has 1 saturated heterocycles.